The van der Waals surface area contributed by atoms with Crippen molar-refractivity contribution < 1.29 is 9.47 Å². The van der Waals surface area contributed by atoms with Crippen LogP contribution in [-0.2, 0) is 22.6 Å². The summed E-state index contributed by atoms with van der Waals surface area (Å²) in [6.45, 7) is 7.19. The van der Waals surface area contributed by atoms with E-state index in [1.54, 1.807) is 0 Å². The van der Waals surface area contributed by atoms with E-state index in [9.17, 15) is 0 Å². The molecule has 3 heterocycles. The Balaban J connectivity index is 1.38. The Morgan fingerprint density at radius 3 is 2.08 bits per heavy atom. The predicted octanol–water partition coefficient (Wildman–Crippen LogP) is 7.24. The summed E-state index contributed by atoms with van der Waals surface area (Å²) < 4.78 is 17.4. The fourth-order valence-electron chi connectivity index (χ4n) is 5.75. The van der Waals surface area contributed by atoms with Crippen molar-refractivity contribution in [3.8, 4) is 22.5 Å². The Labute approximate surface area is 236 Å². The van der Waals surface area contributed by atoms with Gasteiger partial charge in [0, 0.05) is 42.0 Å². The van der Waals surface area contributed by atoms with E-state index in [1.807, 2.05) is 41.3 Å². The molecule has 1 atom stereocenters. The first kappa shape index (κ1) is 26.2. The number of rotatable bonds is 9. The number of ether oxygens (including phenoxy) is 2. The summed E-state index contributed by atoms with van der Waals surface area (Å²) in [4.78, 5) is 5.25. The zero-order chi connectivity index (χ0) is 27.4. The van der Waals surface area contributed by atoms with Crippen molar-refractivity contribution >= 4 is 0 Å². The van der Waals surface area contributed by atoms with Gasteiger partial charge in [-0.25, -0.2) is 4.98 Å². The van der Waals surface area contributed by atoms with Crippen LogP contribution in [0.1, 0.15) is 37.9 Å². The predicted molar refractivity (Wildman–Crippen MR) is 157 cm³/mol. The molecule has 0 aliphatic carbocycles. The lowest BCUT2D eigenvalue weighted by molar-refractivity contribution is -0.246. The maximum absolute atomic E-state index is 6.56. The molecule has 0 saturated carbocycles. The Morgan fingerprint density at radius 1 is 0.850 bits per heavy atom. The zero-order valence-electron chi connectivity index (χ0n) is 23.2. The third-order valence-corrected chi connectivity index (χ3v) is 8.06. The van der Waals surface area contributed by atoms with Crippen LogP contribution in [0.3, 0.4) is 0 Å². The molecule has 0 amide bonds. The molecule has 40 heavy (non-hydrogen) atoms. The number of aromatic nitrogens is 4. The maximum atomic E-state index is 6.56. The molecular weight excluding hydrogens is 496 g/mol. The molecule has 1 saturated heterocycles. The lowest BCUT2D eigenvalue weighted by Gasteiger charge is -2.42. The van der Waals surface area contributed by atoms with Gasteiger partial charge in [-0.3, -0.25) is 4.68 Å². The van der Waals surface area contributed by atoms with Crippen LogP contribution in [0.2, 0.25) is 0 Å². The van der Waals surface area contributed by atoms with Gasteiger partial charge >= 0.3 is 0 Å². The van der Waals surface area contributed by atoms with E-state index in [0.29, 0.717) is 25.7 Å². The first-order valence-corrected chi connectivity index (χ1v) is 14.1. The highest BCUT2D eigenvalue weighted by atomic mass is 16.7. The monoisotopic (exact) mass is 532 g/mol. The van der Waals surface area contributed by atoms with E-state index in [0.717, 1.165) is 41.3 Å². The summed E-state index contributed by atoms with van der Waals surface area (Å²) >= 11 is 0. The number of hydrogen-bond acceptors (Lipinski definition) is 4. The molecule has 204 valence electrons. The van der Waals surface area contributed by atoms with Gasteiger partial charge in [-0.05, 0) is 17.5 Å². The molecule has 6 nitrogen and oxygen atoms in total. The molecule has 1 aliphatic rings. The molecule has 2 aromatic heterocycles. The third kappa shape index (κ3) is 5.37. The topological polar surface area (TPSA) is 54.1 Å². The molecule has 1 fully saturated rings. The Hall–Kier alpha value is -4.00. The van der Waals surface area contributed by atoms with Crippen LogP contribution in [-0.4, -0.2) is 32.5 Å². The smallest absolute Gasteiger partial charge is 0.217 e. The van der Waals surface area contributed by atoms with Crippen LogP contribution < -0.4 is 0 Å². The first-order valence-electron chi connectivity index (χ1n) is 14.1. The molecule has 6 heteroatoms. The second kappa shape index (κ2) is 11.6. The van der Waals surface area contributed by atoms with E-state index in [4.69, 9.17) is 14.5 Å². The largest absolute Gasteiger partial charge is 0.345 e. The van der Waals surface area contributed by atoms with Gasteiger partial charge in [-0.2, -0.15) is 5.10 Å². The van der Waals surface area contributed by atoms with Crippen LogP contribution in [0.25, 0.3) is 22.5 Å². The van der Waals surface area contributed by atoms with Crippen LogP contribution in [0, 0.1) is 11.3 Å². The average Bonchev–Trinajstić information content (AvgIpc) is 3.66. The molecule has 0 radical (unpaired) electrons. The van der Waals surface area contributed by atoms with Crippen molar-refractivity contribution in [2.24, 2.45) is 11.3 Å². The van der Waals surface area contributed by atoms with Gasteiger partial charge in [0.2, 0.25) is 6.29 Å². The molecule has 6 rings (SSSR count). The number of benzene rings is 3. The van der Waals surface area contributed by atoms with Gasteiger partial charge in [0.05, 0.1) is 24.6 Å². The highest BCUT2D eigenvalue weighted by Crippen LogP contribution is 2.41. The molecule has 0 bridgehead atoms. The summed E-state index contributed by atoms with van der Waals surface area (Å²) in [5.41, 5.74) is 5.25. The van der Waals surface area contributed by atoms with E-state index < -0.39 is 6.29 Å². The summed E-state index contributed by atoms with van der Waals surface area (Å²) in [5.74, 6) is 1.17. The Bertz CT molecular complexity index is 1490. The van der Waals surface area contributed by atoms with Crippen LogP contribution in [0.5, 0.6) is 0 Å². The molecule has 1 unspecified atom stereocenters. The van der Waals surface area contributed by atoms with Crippen LogP contribution in [0.15, 0.2) is 109 Å². The van der Waals surface area contributed by atoms with E-state index >= 15 is 0 Å². The van der Waals surface area contributed by atoms with Gasteiger partial charge in [0.25, 0.3) is 0 Å². The molecule has 5 aromatic rings. The van der Waals surface area contributed by atoms with E-state index in [2.05, 4.69) is 96.3 Å². The Morgan fingerprint density at radius 2 is 1.48 bits per heavy atom. The lowest BCUT2D eigenvalue weighted by atomic mass is 9.76. The minimum atomic E-state index is -0.557. The van der Waals surface area contributed by atoms with Gasteiger partial charge in [0.1, 0.15) is 0 Å². The highest BCUT2D eigenvalue weighted by Gasteiger charge is 2.41. The van der Waals surface area contributed by atoms with Gasteiger partial charge in [0.15, 0.2) is 5.82 Å². The van der Waals surface area contributed by atoms with Crippen molar-refractivity contribution in [1.29, 1.82) is 0 Å². The molecule has 1 aliphatic heterocycles. The van der Waals surface area contributed by atoms with Crippen LogP contribution in [0.4, 0.5) is 0 Å². The molecular formula is C34H36N4O2. The summed E-state index contributed by atoms with van der Waals surface area (Å²) in [6.07, 6.45) is 4.32. The quantitative estimate of drug-likeness (QED) is 0.201. The van der Waals surface area contributed by atoms with Gasteiger partial charge in [-0.15, -0.1) is 0 Å². The van der Waals surface area contributed by atoms with Crippen molar-refractivity contribution in [3.63, 3.8) is 0 Å². The highest BCUT2D eigenvalue weighted by molar-refractivity contribution is 5.79. The Kier molecular flexibility index (Phi) is 7.62. The number of hydrogen-bond donors (Lipinski definition) is 0. The van der Waals surface area contributed by atoms with E-state index in [-0.39, 0.29) is 5.41 Å². The molecule has 0 N–H and O–H groups in total. The van der Waals surface area contributed by atoms with Crippen molar-refractivity contribution in [3.05, 3.63) is 121 Å². The second-order valence-electron chi connectivity index (χ2n) is 10.9. The standard InChI is InChI=1S/C34H36N4O2/c1-3-29(23-37-21-13-20-35-37)34(2)24-39-33(40-25-34)32-36-30(27-16-9-5-10-17-27)31(28-18-11-6-12-19-28)38(32)22-26-14-7-4-8-15-26/h4-21,29,33H,3,22-25H2,1-2H3. The molecule has 3 aromatic carbocycles. The van der Waals surface area contributed by atoms with Crippen LogP contribution >= 0.6 is 0 Å². The summed E-state index contributed by atoms with van der Waals surface area (Å²) in [7, 11) is 0. The minimum absolute atomic E-state index is 0.126. The lowest BCUT2D eigenvalue weighted by Crippen LogP contribution is -2.44. The van der Waals surface area contributed by atoms with Gasteiger partial charge < -0.3 is 14.0 Å². The summed E-state index contributed by atoms with van der Waals surface area (Å²) in [6, 6.07) is 33.4. The van der Waals surface area contributed by atoms with Crippen molar-refractivity contribution in [2.75, 3.05) is 13.2 Å². The first-order chi connectivity index (χ1) is 19.6. The average molecular weight is 533 g/mol. The van der Waals surface area contributed by atoms with Gasteiger partial charge in [-0.1, -0.05) is 111 Å². The maximum Gasteiger partial charge on any atom is 0.217 e. The zero-order valence-corrected chi connectivity index (χ0v) is 23.2. The normalized spacial score (nSPS) is 19.9. The fourth-order valence-corrected chi connectivity index (χ4v) is 5.75. The minimum Gasteiger partial charge on any atom is -0.345 e. The number of nitrogens with zero attached hydrogens (tertiary/aromatic N) is 4. The SMILES string of the molecule is CCC(Cn1cccn1)C1(C)COC(c2nc(-c3ccccc3)c(-c3ccccc3)n2Cc2ccccc2)OC1. The van der Waals surface area contributed by atoms with Crippen molar-refractivity contribution in [2.45, 2.75) is 39.6 Å². The number of imidazole rings is 1. The second-order valence-corrected chi connectivity index (χ2v) is 10.9. The third-order valence-electron chi connectivity index (χ3n) is 8.06. The fraction of sp³-hybridized carbons (Fsp3) is 0.294. The summed E-state index contributed by atoms with van der Waals surface area (Å²) in [5, 5.41) is 4.44. The van der Waals surface area contributed by atoms with E-state index in [1.165, 1.54) is 5.56 Å². The molecule has 0 spiro atoms. The van der Waals surface area contributed by atoms with Crippen molar-refractivity contribution in [1.82, 2.24) is 19.3 Å².